The maximum Gasteiger partial charge on any atom is 0.323 e. The van der Waals surface area contributed by atoms with E-state index in [2.05, 4.69) is 20.2 Å². The number of esters is 1. The highest BCUT2D eigenvalue weighted by atomic mass is 16.5. The summed E-state index contributed by atoms with van der Waals surface area (Å²) in [6.45, 7) is 2.49. The fraction of sp³-hybridized carbons (Fsp3) is 0.750. The summed E-state index contributed by atoms with van der Waals surface area (Å²) >= 11 is 0. The van der Waals surface area contributed by atoms with Crippen molar-refractivity contribution in [3.63, 3.8) is 0 Å². The molecule has 1 amide bonds. The van der Waals surface area contributed by atoms with E-state index in [1.165, 1.54) is 44.5 Å². The van der Waals surface area contributed by atoms with Crippen LogP contribution in [0.3, 0.4) is 0 Å². The van der Waals surface area contributed by atoms with E-state index in [0.717, 1.165) is 58.2 Å². The first-order valence-corrected chi connectivity index (χ1v) is 12.6. The Morgan fingerprint density at radius 3 is 2.27 bits per heavy atom. The SMILES string of the molecule is O=C(NO)c1cnc(N2CCC(CN[C@H](C(=O)OC3CCCC3)C3CCCCC3)CC2)nc1. The van der Waals surface area contributed by atoms with Crippen LogP contribution in [-0.2, 0) is 9.53 Å². The van der Waals surface area contributed by atoms with E-state index in [-0.39, 0.29) is 23.7 Å². The topological polar surface area (TPSA) is 117 Å². The van der Waals surface area contributed by atoms with Gasteiger partial charge in [0.15, 0.2) is 0 Å². The molecule has 33 heavy (non-hydrogen) atoms. The third-order valence-corrected chi connectivity index (χ3v) is 7.49. The largest absolute Gasteiger partial charge is 0.461 e. The van der Waals surface area contributed by atoms with Crippen molar-refractivity contribution in [2.24, 2.45) is 11.8 Å². The average Bonchev–Trinajstić information content (AvgIpc) is 3.38. The van der Waals surface area contributed by atoms with Crippen LogP contribution in [0.15, 0.2) is 12.4 Å². The second kappa shape index (κ2) is 11.7. The van der Waals surface area contributed by atoms with Gasteiger partial charge < -0.3 is 15.0 Å². The first-order chi connectivity index (χ1) is 16.1. The van der Waals surface area contributed by atoms with Crippen LogP contribution in [-0.4, -0.2) is 58.8 Å². The van der Waals surface area contributed by atoms with E-state index in [0.29, 0.717) is 17.8 Å². The zero-order valence-electron chi connectivity index (χ0n) is 19.4. The van der Waals surface area contributed by atoms with Gasteiger partial charge in [-0.3, -0.25) is 14.8 Å². The number of ether oxygens (including phenoxy) is 1. The van der Waals surface area contributed by atoms with Gasteiger partial charge in [-0.25, -0.2) is 15.4 Å². The lowest BCUT2D eigenvalue weighted by atomic mass is 9.83. The van der Waals surface area contributed by atoms with Crippen LogP contribution in [0, 0.1) is 11.8 Å². The van der Waals surface area contributed by atoms with Gasteiger partial charge in [-0.1, -0.05) is 19.3 Å². The maximum atomic E-state index is 13.1. The molecular formula is C24H37N5O4. The molecule has 9 nitrogen and oxygen atoms in total. The molecule has 0 aromatic carbocycles. The number of nitrogens with one attached hydrogen (secondary N) is 2. The van der Waals surface area contributed by atoms with Crippen LogP contribution in [0.25, 0.3) is 0 Å². The standard InChI is InChI=1S/C24H37N5O4/c30-22(28-32)19-15-26-24(27-16-19)29-12-10-17(11-13-29)14-25-21(18-6-2-1-3-7-18)23(31)33-20-8-4-5-9-20/h15-18,20-21,25,32H,1-14H2,(H,28,30)/t21-/m0/s1. The summed E-state index contributed by atoms with van der Waals surface area (Å²) in [5.41, 5.74) is 1.81. The van der Waals surface area contributed by atoms with E-state index in [1.807, 2.05) is 0 Å². The number of hydroxylamine groups is 1. The minimum atomic E-state index is -0.620. The van der Waals surface area contributed by atoms with Gasteiger partial charge in [0, 0.05) is 25.5 Å². The summed E-state index contributed by atoms with van der Waals surface area (Å²) < 4.78 is 5.91. The maximum absolute atomic E-state index is 13.1. The van der Waals surface area contributed by atoms with Gasteiger partial charge in [-0.2, -0.15) is 0 Å². The van der Waals surface area contributed by atoms with Crippen LogP contribution in [0.4, 0.5) is 5.95 Å². The van der Waals surface area contributed by atoms with E-state index in [1.54, 1.807) is 5.48 Å². The summed E-state index contributed by atoms with van der Waals surface area (Å²) in [4.78, 5) is 35.1. The van der Waals surface area contributed by atoms with Crippen molar-refractivity contribution in [3.8, 4) is 0 Å². The minimum Gasteiger partial charge on any atom is -0.461 e. The van der Waals surface area contributed by atoms with Crippen molar-refractivity contribution in [1.29, 1.82) is 0 Å². The lowest BCUT2D eigenvalue weighted by Crippen LogP contribution is -2.48. The Hall–Kier alpha value is -2.26. The highest BCUT2D eigenvalue weighted by Gasteiger charge is 2.33. The lowest BCUT2D eigenvalue weighted by molar-refractivity contribution is -0.153. The van der Waals surface area contributed by atoms with Gasteiger partial charge in [0.25, 0.3) is 5.91 Å². The van der Waals surface area contributed by atoms with Crippen molar-refractivity contribution >= 4 is 17.8 Å². The highest BCUT2D eigenvalue weighted by Crippen LogP contribution is 2.29. The molecular weight excluding hydrogens is 422 g/mol. The van der Waals surface area contributed by atoms with Gasteiger partial charge >= 0.3 is 5.97 Å². The molecule has 182 valence electrons. The number of nitrogens with zero attached hydrogens (tertiary/aromatic N) is 3. The van der Waals surface area contributed by atoms with Crippen LogP contribution >= 0.6 is 0 Å². The Labute approximate surface area is 195 Å². The molecule has 0 unspecified atom stereocenters. The summed E-state index contributed by atoms with van der Waals surface area (Å²) in [5.74, 6) is 0.815. The molecule has 1 aromatic heterocycles. The number of amides is 1. The molecule has 1 saturated heterocycles. The van der Waals surface area contributed by atoms with E-state index in [4.69, 9.17) is 9.94 Å². The zero-order chi connectivity index (χ0) is 23.0. The average molecular weight is 460 g/mol. The molecule has 4 rings (SSSR count). The second-order valence-electron chi connectivity index (χ2n) is 9.77. The first-order valence-electron chi connectivity index (χ1n) is 12.6. The molecule has 1 atom stereocenters. The second-order valence-corrected chi connectivity index (χ2v) is 9.77. The molecule has 0 spiro atoms. The zero-order valence-corrected chi connectivity index (χ0v) is 19.4. The number of aromatic nitrogens is 2. The third-order valence-electron chi connectivity index (χ3n) is 7.49. The first kappa shape index (κ1) is 23.9. The van der Waals surface area contributed by atoms with Crippen molar-refractivity contribution in [2.75, 3.05) is 24.5 Å². The molecule has 0 radical (unpaired) electrons. The normalized spacial score (nSPS) is 21.7. The number of carbonyl (C=O) groups excluding carboxylic acids is 2. The van der Waals surface area contributed by atoms with Gasteiger partial charge in [0.1, 0.15) is 12.1 Å². The van der Waals surface area contributed by atoms with Gasteiger partial charge in [0.2, 0.25) is 5.95 Å². The molecule has 0 bridgehead atoms. The fourth-order valence-electron chi connectivity index (χ4n) is 5.45. The Bertz CT molecular complexity index is 770. The van der Waals surface area contributed by atoms with E-state index in [9.17, 15) is 9.59 Å². The van der Waals surface area contributed by atoms with E-state index >= 15 is 0 Å². The van der Waals surface area contributed by atoms with Crippen molar-refractivity contribution in [3.05, 3.63) is 18.0 Å². The van der Waals surface area contributed by atoms with Crippen LogP contribution in [0.2, 0.25) is 0 Å². The number of hydrogen-bond acceptors (Lipinski definition) is 8. The van der Waals surface area contributed by atoms with Gasteiger partial charge in [-0.15, -0.1) is 0 Å². The fourth-order valence-corrected chi connectivity index (χ4v) is 5.45. The molecule has 3 N–H and O–H groups in total. The number of rotatable bonds is 8. The Morgan fingerprint density at radius 1 is 1.00 bits per heavy atom. The number of piperidine rings is 1. The van der Waals surface area contributed by atoms with Crippen molar-refractivity contribution in [1.82, 2.24) is 20.8 Å². The van der Waals surface area contributed by atoms with Gasteiger partial charge in [-0.05, 0) is 69.7 Å². The smallest absolute Gasteiger partial charge is 0.323 e. The summed E-state index contributed by atoms with van der Waals surface area (Å²) in [7, 11) is 0. The Balaban J connectivity index is 1.27. The predicted molar refractivity (Wildman–Crippen MR) is 123 cm³/mol. The molecule has 2 saturated carbocycles. The third kappa shape index (κ3) is 6.41. The molecule has 3 aliphatic rings. The number of carbonyl (C=O) groups is 2. The molecule has 1 aliphatic heterocycles. The monoisotopic (exact) mass is 459 g/mol. The predicted octanol–water partition coefficient (Wildman–Crippen LogP) is 2.84. The number of anilines is 1. The minimum absolute atomic E-state index is 0.0355. The number of hydrogen-bond donors (Lipinski definition) is 3. The lowest BCUT2D eigenvalue weighted by Gasteiger charge is -2.35. The van der Waals surface area contributed by atoms with Crippen LogP contribution in [0.5, 0.6) is 0 Å². The quantitative estimate of drug-likeness (QED) is 0.309. The van der Waals surface area contributed by atoms with Crippen molar-refractivity contribution < 1.29 is 19.5 Å². The van der Waals surface area contributed by atoms with Gasteiger partial charge in [0.05, 0.1) is 5.56 Å². The molecule has 1 aromatic rings. The highest BCUT2D eigenvalue weighted by molar-refractivity contribution is 5.92. The Kier molecular flexibility index (Phi) is 8.50. The van der Waals surface area contributed by atoms with Crippen LogP contribution in [0.1, 0.15) is 81.0 Å². The Morgan fingerprint density at radius 2 is 1.64 bits per heavy atom. The molecule has 2 aliphatic carbocycles. The molecule has 9 heteroatoms. The van der Waals surface area contributed by atoms with E-state index < -0.39 is 5.91 Å². The molecule has 3 fully saturated rings. The summed E-state index contributed by atoms with van der Waals surface area (Å²) in [5, 5.41) is 12.3. The summed E-state index contributed by atoms with van der Waals surface area (Å²) in [6, 6.07) is -0.183. The van der Waals surface area contributed by atoms with Crippen LogP contribution < -0.4 is 15.7 Å². The molecule has 2 heterocycles. The summed E-state index contributed by atoms with van der Waals surface area (Å²) in [6.07, 6.45) is 15.2. The van der Waals surface area contributed by atoms with Crippen molar-refractivity contribution in [2.45, 2.75) is 82.8 Å².